The Morgan fingerprint density at radius 3 is 2.90 bits per heavy atom. The third-order valence-electron chi connectivity index (χ3n) is 3.42. The van der Waals surface area contributed by atoms with Gasteiger partial charge < -0.3 is 9.73 Å². The highest BCUT2D eigenvalue weighted by Crippen LogP contribution is 2.26. The van der Waals surface area contributed by atoms with E-state index in [4.69, 9.17) is 16.0 Å². The Morgan fingerprint density at radius 1 is 1.29 bits per heavy atom. The van der Waals surface area contributed by atoms with Crippen LogP contribution in [0.4, 0.5) is 5.69 Å². The van der Waals surface area contributed by atoms with Crippen molar-refractivity contribution in [3.63, 3.8) is 0 Å². The van der Waals surface area contributed by atoms with Crippen LogP contribution >= 0.6 is 11.6 Å². The van der Waals surface area contributed by atoms with Gasteiger partial charge in [-0.2, -0.15) is 0 Å². The molecule has 3 aromatic rings. The van der Waals surface area contributed by atoms with E-state index in [2.05, 4.69) is 17.2 Å². The molecule has 1 unspecified atom stereocenters. The summed E-state index contributed by atoms with van der Waals surface area (Å²) < 4.78 is 5.00. The number of benzene rings is 2. The van der Waals surface area contributed by atoms with Crippen molar-refractivity contribution in [2.45, 2.75) is 19.4 Å². The number of anilines is 1. The van der Waals surface area contributed by atoms with Crippen molar-refractivity contribution in [1.82, 2.24) is 4.98 Å². The van der Waals surface area contributed by atoms with Gasteiger partial charge in [0.2, 0.25) is 0 Å². The molecular weight excluding hydrogens is 288 g/mol. The summed E-state index contributed by atoms with van der Waals surface area (Å²) in [5, 5.41) is 4.18. The lowest BCUT2D eigenvalue weighted by Crippen LogP contribution is -2.09. The van der Waals surface area contributed by atoms with E-state index in [1.54, 1.807) is 6.07 Å². The zero-order chi connectivity index (χ0) is 14.8. The highest BCUT2D eigenvalue weighted by atomic mass is 35.5. The van der Waals surface area contributed by atoms with Crippen molar-refractivity contribution in [3.05, 3.63) is 63.6 Å². The van der Waals surface area contributed by atoms with E-state index in [-0.39, 0.29) is 6.04 Å². The van der Waals surface area contributed by atoms with Crippen molar-refractivity contribution in [1.29, 1.82) is 0 Å². The van der Waals surface area contributed by atoms with Crippen LogP contribution < -0.4 is 11.1 Å². The molecule has 0 fully saturated rings. The summed E-state index contributed by atoms with van der Waals surface area (Å²) >= 11 is 6.05. The maximum atomic E-state index is 11.2. The molecule has 1 heterocycles. The van der Waals surface area contributed by atoms with Gasteiger partial charge in [0.1, 0.15) is 0 Å². The lowest BCUT2D eigenvalue weighted by Gasteiger charge is -2.19. The molecule has 2 N–H and O–H groups in total. The highest BCUT2D eigenvalue weighted by Gasteiger charge is 2.10. The van der Waals surface area contributed by atoms with Crippen LogP contribution in [0.3, 0.4) is 0 Å². The summed E-state index contributed by atoms with van der Waals surface area (Å²) in [5.41, 5.74) is 3.30. The molecule has 0 amide bonds. The maximum absolute atomic E-state index is 11.2. The van der Waals surface area contributed by atoms with Crippen molar-refractivity contribution >= 4 is 28.4 Å². The number of oxazole rings is 1. The Kier molecular flexibility index (Phi) is 3.71. The molecule has 0 aliphatic heterocycles. The number of hydrogen-bond acceptors (Lipinski definition) is 3. The zero-order valence-corrected chi connectivity index (χ0v) is 12.3. The van der Waals surface area contributed by atoms with Crippen LogP contribution in [-0.4, -0.2) is 4.98 Å². The smallest absolute Gasteiger partial charge is 0.408 e. The normalized spacial score (nSPS) is 12.5. The molecule has 0 aliphatic rings. The van der Waals surface area contributed by atoms with Gasteiger partial charge in [-0.05, 0) is 42.3 Å². The van der Waals surface area contributed by atoms with E-state index < -0.39 is 5.76 Å². The minimum Gasteiger partial charge on any atom is -0.408 e. The fraction of sp³-hybridized carbons (Fsp3) is 0.188. The molecule has 21 heavy (non-hydrogen) atoms. The lowest BCUT2D eigenvalue weighted by molar-refractivity contribution is 0.555. The molecule has 0 bridgehead atoms. The highest BCUT2D eigenvalue weighted by molar-refractivity contribution is 6.30. The quantitative estimate of drug-likeness (QED) is 0.754. The lowest BCUT2D eigenvalue weighted by atomic mass is 10.0. The summed E-state index contributed by atoms with van der Waals surface area (Å²) in [5.74, 6) is -0.441. The Labute approximate surface area is 126 Å². The molecule has 0 spiro atoms. The molecule has 0 radical (unpaired) electrons. The minimum absolute atomic E-state index is 0.153. The van der Waals surface area contributed by atoms with Gasteiger partial charge in [-0.15, -0.1) is 0 Å². The van der Waals surface area contributed by atoms with Crippen LogP contribution in [0.2, 0.25) is 5.02 Å². The SMILES string of the molecule is CCC(Nc1ccc2oc(=O)[nH]c2c1)c1cccc(Cl)c1. The Morgan fingerprint density at radius 2 is 2.14 bits per heavy atom. The van der Waals surface area contributed by atoms with Gasteiger partial charge in [0.15, 0.2) is 5.58 Å². The third-order valence-corrected chi connectivity index (χ3v) is 3.65. The van der Waals surface area contributed by atoms with Crippen LogP contribution in [0.25, 0.3) is 11.1 Å². The van der Waals surface area contributed by atoms with E-state index in [0.29, 0.717) is 11.1 Å². The Balaban J connectivity index is 1.89. The molecule has 0 saturated heterocycles. The van der Waals surface area contributed by atoms with Gasteiger partial charge in [0.25, 0.3) is 0 Å². The van der Waals surface area contributed by atoms with Crippen LogP contribution in [0.1, 0.15) is 24.9 Å². The maximum Gasteiger partial charge on any atom is 0.417 e. The number of fused-ring (bicyclic) bond motifs is 1. The molecular formula is C16H15ClN2O2. The monoisotopic (exact) mass is 302 g/mol. The second-order valence-corrected chi connectivity index (χ2v) is 5.32. The molecule has 2 aromatic carbocycles. The third kappa shape index (κ3) is 2.95. The van der Waals surface area contributed by atoms with Crippen LogP contribution in [0.5, 0.6) is 0 Å². The number of aromatic nitrogens is 1. The fourth-order valence-electron chi connectivity index (χ4n) is 2.39. The fourth-order valence-corrected chi connectivity index (χ4v) is 2.59. The predicted octanol–water partition coefficient (Wildman–Crippen LogP) is 4.34. The minimum atomic E-state index is -0.441. The first-order valence-electron chi connectivity index (χ1n) is 6.80. The van der Waals surface area contributed by atoms with E-state index in [1.807, 2.05) is 36.4 Å². The first-order valence-corrected chi connectivity index (χ1v) is 7.18. The summed E-state index contributed by atoms with van der Waals surface area (Å²) in [7, 11) is 0. The van der Waals surface area contributed by atoms with Gasteiger partial charge in [-0.1, -0.05) is 30.7 Å². The summed E-state index contributed by atoms with van der Waals surface area (Å²) in [6, 6.07) is 13.5. The van der Waals surface area contributed by atoms with Crippen molar-refractivity contribution < 1.29 is 4.42 Å². The molecule has 0 aliphatic carbocycles. The predicted molar refractivity (Wildman–Crippen MR) is 84.9 cm³/mol. The number of halogens is 1. The number of hydrogen-bond donors (Lipinski definition) is 2. The summed E-state index contributed by atoms with van der Waals surface area (Å²) in [4.78, 5) is 13.8. The van der Waals surface area contributed by atoms with Gasteiger partial charge >= 0.3 is 5.76 Å². The molecule has 5 heteroatoms. The molecule has 0 saturated carbocycles. The largest absolute Gasteiger partial charge is 0.417 e. The van der Waals surface area contributed by atoms with Gasteiger partial charge in [0.05, 0.1) is 11.6 Å². The molecule has 1 aromatic heterocycles. The second kappa shape index (κ2) is 5.66. The summed E-state index contributed by atoms with van der Waals surface area (Å²) in [6.45, 7) is 2.11. The van der Waals surface area contributed by atoms with Crippen molar-refractivity contribution in [2.75, 3.05) is 5.32 Å². The number of H-pyrrole nitrogens is 1. The first-order chi connectivity index (χ1) is 10.2. The second-order valence-electron chi connectivity index (χ2n) is 4.89. The zero-order valence-electron chi connectivity index (χ0n) is 11.5. The summed E-state index contributed by atoms with van der Waals surface area (Å²) in [6.07, 6.45) is 0.917. The number of rotatable bonds is 4. The standard InChI is InChI=1S/C16H15ClN2O2/c1-2-13(10-4-3-5-11(17)8-10)18-12-6-7-15-14(9-12)19-16(20)21-15/h3-9,13,18H,2H2,1H3,(H,19,20). The van der Waals surface area contributed by atoms with Gasteiger partial charge in [0, 0.05) is 10.7 Å². The van der Waals surface area contributed by atoms with E-state index >= 15 is 0 Å². The first kappa shape index (κ1) is 13.8. The average molecular weight is 303 g/mol. The molecule has 108 valence electrons. The van der Waals surface area contributed by atoms with E-state index in [0.717, 1.165) is 22.7 Å². The van der Waals surface area contributed by atoms with E-state index in [1.165, 1.54) is 0 Å². The molecule has 3 rings (SSSR count). The van der Waals surface area contributed by atoms with Crippen molar-refractivity contribution in [2.24, 2.45) is 0 Å². The number of nitrogens with one attached hydrogen (secondary N) is 2. The van der Waals surface area contributed by atoms with Crippen LogP contribution in [-0.2, 0) is 0 Å². The molecule has 1 atom stereocenters. The number of aromatic amines is 1. The van der Waals surface area contributed by atoms with Gasteiger partial charge in [-0.25, -0.2) is 4.79 Å². The topological polar surface area (TPSA) is 58.0 Å². The van der Waals surface area contributed by atoms with Crippen LogP contribution in [0.15, 0.2) is 51.7 Å². The van der Waals surface area contributed by atoms with E-state index in [9.17, 15) is 4.79 Å². The average Bonchev–Trinajstić information content (AvgIpc) is 2.84. The Bertz CT molecular complexity index is 822. The Hall–Kier alpha value is -2.20. The van der Waals surface area contributed by atoms with Crippen molar-refractivity contribution in [3.8, 4) is 0 Å². The van der Waals surface area contributed by atoms with Gasteiger partial charge in [-0.3, -0.25) is 4.98 Å². The van der Waals surface area contributed by atoms with Crippen LogP contribution in [0, 0.1) is 0 Å². The molecule has 4 nitrogen and oxygen atoms in total.